The molecule has 0 bridgehead atoms. The van der Waals surface area contributed by atoms with Crippen LogP contribution in [0.4, 0.5) is 0 Å². The molecule has 0 heterocycles. The van der Waals surface area contributed by atoms with Crippen LogP contribution in [0.1, 0.15) is 84.4 Å². The molecule has 0 atom stereocenters. The van der Waals surface area contributed by atoms with E-state index in [0.29, 0.717) is 5.41 Å². The number of rotatable bonds is 3. The Kier molecular flexibility index (Phi) is 12.4. The van der Waals surface area contributed by atoms with Crippen molar-refractivity contribution in [2.24, 2.45) is 10.8 Å². The monoisotopic (exact) mass is 444 g/mol. The molecule has 2 aromatic carbocycles. The van der Waals surface area contributed by atoms with Gasteiger partial charge in [0.05, 0.1) is 0 Å². The lowest BCUT2D eigenvalue weighted by Crippen LogP contribution is -2.25. The zero-order valence-corrected chi connectivity index (χ0v) is 22.8. The molecule has 2 aromatic rings. The van der Waals surface area contributed by atoms with Crippen molar-refractivity contribution in [2.45, 2.75) is 80.1 Å². The number of benzene rings is 2. The predicted octanol–water partition coefficient (Wildman–Crippen LogP) is 10.0. The summed E-state index contributed by atoms with van der Waals surface area (Å²) in [6, 6.07) is 15.1. The fraction of sp³-hybridized carbons (Fsp3) is 0.424. The van der Waals surface area contributed by atoms with E-state index in [-0.39, 0.29) is 10.8 Å². The van der Waals surface area contributed by atoms with Crippen LogP contribution in [0, 0.1) is 59.0 Å². The van der Waals surface area contributed by atoms with Gasteiger partial charge in [0, 0.05) is 5.41 Å². The minimum absolute atomic E-state index is 0.0408. The van der Waals surface area contributed by atoms with Crippen LogP contribution in [-0.2, 0) is 5.41 Å². The lowest BCUT2D eigenvalue weighted by atomic mass is 9.71. The molecule has 6 radical (unpaired) electrons. The molecule has 0 aromatic heterocycles. The van der Waals surface area contributed by atoms with Gasteiger partial charge in [-0.25, -0.2) is 0 Å². The third-order valence-corrected chi connectivity index (χ3v) is 6.40. The SMILES string of the molecule is [CH2]C.[CH2]C(C)(C)C(C)(C)C.[CH2]CC.[CH]=C([CH2])C1(c2ccc(-c3ccc(C)cc3[CH2])cc2)CC1. The Bertz CT molecular complexity index is 819. The van der Waals surface area contributed by atoms with Crippen LogP contribution in [0.2, 0.25) is 0 Å². The van der Waals surface area contributed by atoms with Crippen molar-refractivity contribution < 1.29 is 0 Å². The topological polar surface area (TPSA) is 0 Å². The van der Waals surface area contributed by atoms with Crippen LogP contribution in [0.25, 0.3) is 11.1 Å². The van der Waals surface area contributed by atoms with Gasteiger partial charge >= 0.3 is 0 Å². The Morgan fingerprint density at radius 1 is 0.970 bits per heavy atom. The molecule has 0 saturated heterocycles. The largest absolute Gasteiger partial charge is 0.0654 e. The standard InChI is InChI=1S/C20H19.C8H17.C3H7.C2H5/c1-14(2)20(11-12-20)18-8-6-17(7-9-18)19-10-5-15(3)13-16(19)4;1-7(2,3)8(4,5)6;1-3-2;1-2/h1,5-10,13H,2,4,11-12H2,3H3;1H2,2-6H3;1,3H2,2H3;1H2,2H3. The Morgan fingerprint density at radius 2 is 1.39 bits per heavy atom. The quantitative estimate of drug-likeness (QED) is 0.441. The second-order valence-electron chi connectivity index (χ2n) is 10.5. The first-order valence-electron chi connectivity index (χ1n) is 12.0. The van der Waals surface area contributed by atoms with E-state index in [0.717, 1.165) is 30.4 Å². The highest BCUT2D eigenvalue weighted by molar-refractivity contribution is 5.69. The molecule has 0 spiro atoms. The number of aryl methyl sites for hydroxylation is 1. The molecule has 1 aliphatic carbocycles. The first-order valence-corrected chi connectivity index (χ1v) is 12.0. The van der Waals surface area contributed by atoms with E-state index in [2.05, 4.69) is 119 Å². The van der Waals surface area contributed by atoms with Gasteiger partial charge in [-0.3, -0.25) is 0 Å². The van der Waals surface area contributed by atoms with Gasteiger partial charge in [0.1, 0.15) is 0 Å². The minimum atomic E-state index is 0.0408. The zero-order chi connectivity index (χ0) is 26.0. The molecular weight excluding hydrogens is 396 g/mol. The van der Waals surface area contributed by atoms with Crippen LogP contribution < -0.4 is 0 Å². The van der Waals surface area contributed by atoms with E-state index >= 15 is 0 Å². The summed E-state index contributed by atoms with van der Waals surface area (Å²) >= 11 is 0. The molecular formula is C33H48. The average Bonchev–Trinajstić information content (AvgIpc) is 3.52. The van der Waals surface area contributed by atoms with Gasteiger partial charge < -0.3 is 0 Å². The molecule has 3 rings (SSSR count). The van der Waals surface area contributed by atoms with Gasteiger partial charge in [-0.1, -0.05) is 129 Å². The second kappa shape index (κ2) is 13.2. The molecule has 0 heteroatoms. The summed E-state index contributed by atoms with van der Waals surface area (Å²) in [6.45, 7) is 41.6. The molecule has 0 N–H and O–H groups in total. The average molecular weight is 445 g/mol. The lowest BCUT2D eigenvalue weighted by molar-refractivity contribution is 0.189. The summed E-state index contributed by atoms with van der Waals surface area (Å²) in [7, 11) is 0. The van der Waals surface area contributed by atoms with E-state index in [4.69, 9.17) is 6.58 Å². The van der Waals surface area contributed by atoms with Crippen molar-refractivity contribution >= 4 is 0 Å². The Hall–Kier alpha value is -1.82. The molecule has 180 valence electrons. The predicted molar refractivity (Wildman–Crippen MR) is 150 cm³/mol. The van der Waals surface area contributed by atoms with E-state index in [1.807, 2.05) is 6.92 Å². The van der Waals surface area contributed by atoms with Crippen molar-refractivity contribution in [3.8, 4) is 11.1 Å². The maximum Gasteiger partial charge on any atom is 0.0166 e. The highest BCUT2D eigenvalue weighted by Gasteiger charge is 2.44. The first-order chi connectivity index (χ1) is 15.2. The van der Waals surface area contributed by atoms with Crippen LogP contribution in [0.3, 0.4) is 0 Å². The van der Waals surface area contributed by atoms with Crippen LogP contribution >= 0.6 is 0 Å². The van der Waals surface area contributed by atoms with Crippen molar-refractivity contribution in [3.63, 3.8) is 0 Å². The molecule has 1 saturated carbocycles. The second-order valence-corrected chi connectivity index (χ2v) is 10.5. The van der Waals surface area contributed by atoms with Gasteiger partial charge in [-0.05, 0) is 73.6 Å². The summed E-state index contributed by atoms with van der Waals surface area (Å²) in [4.78, 5) is 0. The van der Waals surface area contributed by atoms with Gasteiger partial charge in [0.2, 0.25) is 0 Å². The fourth-order valence-corrected chi connectivity index (χ4v) is 2.89. The molecule has 1 aliphatic rings. The number of hydrogen-bond acceptors (Lipinski definition) is 0. The summed E-state index contributed by atoms with van der Waals surface area (Å²) in [6.07, 6.45) is 3.24. The molecule has 0 aliphatic heterocycles. The molecule has 0 unspecified atom stereocenters. The highest BCUT2D eigenvalue weighted by Crippen LogP contribution is 2.53. The van der Waals surface area contributed by atoms with E-state index in [1.54, 1.807) is 6.92 Å². The van der Waals surface area contributed by atoms with E-state index in [1.165, 1.54) is 22.3 Å². The Balaban J connectivity index is 0.000000663. The maximum atomic E-state index is 5.95. The summed E-state index contributed by atoms with van der Waals surface area (Å²) in [5.41, 5.74) is 7.34. The summed E-state index contributed by atoms with van der Waals surface area (Å²) < 4.78 is 0. The first kappa shape index (κ1) is 31.2. The van der Waals surface area contributed by atoms with Crippen molar-refractivity contribution in [1.82, 2.24) is 0 Å². The van der Waals surface area contributed by atoms with Gasteiger partial charge in [-0.15, -0.1) is 0 Å². The maximum absolute atomic E-state index is 5.95. The summed E-state index contributed by atoms with van der Waals surface area (Å²) in [5, 5.41) is 0. The third-order valence-electron chi connectivity index (χ3n) is 6.40. The van der Waals surface area contributed by atoms with E-state index in [9.17, 15) is 0 Å². The zero-order valence-electron chi connectivity index (χ0n) is 22.8. The Morgan fingerprint density at radius 3 is 1.70 bits per heavy atom. The molecule has 0 nitrogen and oxygen atoms in total. The Labute approximate surface area is 207 Å². The fourth-order valence-electron chi connectivity index (χ4n) is 2.89. The number of hydrogen-bond donors (Lipinski definition) is 0. The molecule has 1 fully saturated rings. The van der Waals surface area contributed by atoms with Crippen LogP contribution in [0.5, 0.6) is 0 Å². The smallest absolute Gasteiger partial charge is 0.0166 e. The molecule has 33 heavy (non-hydrogen) atoms. The van der Waals surface area contributed by atoms with Crippen LogP contribution in [0.15, 0.2) is 48.0 Å². The van der Waals surface area contributed by atoms with Gasteiger partial charge in [0.25, 0.3) is 0 Å². The lowest BCUT2D eigenvalue weighted by Gasteiger charge is -2.34. The minimum Gasteiger partial charge on any atom is -0.0654 e. The van der Waals surface area contributed by atoms with Crippen molar-refractivity contribution in [3.05, 3.63) is 106 Å². The van der Waals surface area contributed by atoms with Gasteiger partial charge in [-0.2, -0.15) is 0 Å². The highest BCUT2D eigenvalue weighted by atomic mass is 14.5. The van der Waals surface area contributed by atoms with Crippen molar-refractivity contribution in [1.29, 1.82) is 0 Å². The normalized spacial score (nSPS) is 13.8. The van der Waals surface area contributed by atoms with Crippen molar-refractivity contribution in [2.75, 3.05) is 0 Å². The number of allylic oxidation sites excluding steroid dienone is 1. The van der Waals surface area contributed by atoms with E-state index < -0.39 is 0 Å². The molecule has 0 amide bonds. The van der Waals surface area contributed by atoms with Gasteiger partial charge in [0.15, 0.2) is 0 Å². The van der Waals surface area contributed by atoms with Crippen LogP contribution in [-0.4, -0.2) is 0 Å². The third kappa shape index (κ3) is 9.15. The summed E-state index contributed by atoms with van der Waals surface area (Å²) in [5.74, 6) is 0.